The van der Waals surface area contributed by atoms with Crippen molar-refractivity contribution in [3.05, 3.63) is 106 Å². The summed E-state index contributed by atoms with van der Waals surface area (Å²) in [4.78, 5) is 38.2. The van der Waals surface area contributed by atoms with E-state index in [1.54, 1.807) is 60.7 Å². The summed E-state index contributed by atoms with van der Waals surface area (Å²) in [6, 6.07) is 22.4. The van der Waals surface area contributed by atoms with Gasteiger partial charge < -0.3 is 20.5 Å². The molecule has 34 heavy (non-hydrogen) atoms. The van der Waals surface area contributed by atoms with Crippen molar-refractivity contribution in [3.63, 3.8) is 0 Å². The number of methoxy groups -OCH3 is 1. The van der Waals surface area contributed by atoms with Gasteiger partial charge in [-0.3, -0.25) is 9.59 Å². The zero-order valence-corrected chi connectivity index (χ0v) is 20.1. The molecule has 0 aromatic heterocycles. The SMILES string of the molecule is COC(=O)[C@H](Cc1cccc(Br)c1)NC(=O)[C@H](O)[C@@H](NC(=O)c1ccccc1)c1ccccc1. The van der Waals surface area contributed by atoms with Crippen LogP contribution >= 0.6 is 15.9 Å². The number of carbonyl (C=O) groups excluding carboxylic acids is 3. The van der Waals surface area contributed by atoms with E-state index < -0.39 is 36.0 Å². The average molecular weight is 525 g/mol. The molecule has 2 amide bonds. The Bertz CT molecular complexity index is 1120. The molecule has 8 heteroatoms. The molecular weight excluding hydrogens is 500 g/mol. The number of benzene rings is 3. The fourth-order valence-electron chi connectivity index (χ4n) is 3.46. The molecule has 0 aliphatic rings. The van der Waals surface area contributed by atoms with Crippen LogP contribution in [-0.2, 0) is 20.7 Å². The second-order valence-electron chi connectivity index (χ2n) is 7.59. The Morgan fingerprint density at radius 1 is 0.912 bits per heavy atom. The number of carbonyl (C=O) groups is 3. The molecule has 0 aliphatic carbocycles. The van der Waals surface area contributed by atoms with Crippen LogP contribution in [0.25, 0.3) is 0 Å². The lowest BCUT2D eigenvalue weighted by Gasteiger charge is -2.26. The molecule has 0 bridgehead atoms. The number of hydrogen-bond acceptors (Lipinski definition) is 5. The van der Waals surface area contributed by atoms with Crippen LogP contribution in [0.3, 0.4) is 0 Å². The number of aliphatic hydroxyl groups is 1. The number of ether oxygens (including phenoxy) is 1. The number of halogens is 1. The largest absolute Gasteiger partial charge is 0.467 e. The molecule has 0 aliphatic heterocycles. The second kappa shape index (κ2) is 12.1. The van der Waals surface area contributed by atoms with Gasteiger partial charge in [-0.1, -0.05) is 76.6 Å². The Morgan fingerprint density at radius 2 is 1.56 bits per heavy atom. The maximum Gasteiger partial charge on any atom is 0.328 e. The molecule has 0 saturated heterocycles. The average Bonchev–Trinajstić information content (AvgIpc) is 2.86. The minimum absolute atomic E-state index is 0.164. The van der Waals surface area contributed by atoms with E-state index in [9.17, 15) is 19.5 Å². The maximum absolute atomic E-state index is 13.0. The van der Waals surface area contributed by atoms with Gasteiger partial charge in [0.2, 0.25) is 0 Å². The highest BCUT2D eigenvalue weighted by Gasteiger charge is 2.32. The van der Waals surface area contributed by atoms with E-state index in [2.05, 4.69) is 26.6 Å². The summed E-state index contributed by atoms with van der Waals surface area (Å²) in [5.41, 5.74) is 1.71. The maximum atomic E-state index is 13.0. The van der Waals surface area contributed by atoms with Gasteiger partial charge in [0.15, 0.2) is 6.10 Å². The smallest absolute Gasteiger partial charge is 0.328 e. The van der Waals surface area contributed by atoms with Gasteiger partial charge in [0.25, 0.3) is 11.8 Å². The molecule has 0 saturated carbocycles. The number of rotatable bonds is 9. The van der Waals surface area contributed by atoms with E-state index in [1.165, 1.54) is 7.11 Å². The van der Waals surface area contributed by atoms with E-state index in [-0.39, 0.29) is 6.42 Å². The first-order valence-corrected chi connectivity index (χ1v) is 11.4. The predicted octanol–water partition coefficient (Wildman–Crippen LogP) is 3.18. The van der Waals surface area contributed by atoms with E-state index >= 15 is 0 Å². The van der Waals surface area contributed by atoms with Gasteiger partial charge in [-0.25, -0.2) is 4.79 Å². The van der Waals surface area contributed by atoms with Crippen LogP contribution in [0.1, 0.15) is 27.5 Å². The highest BCUT2D eigenvalue weighted by Crippen LogP contribution is 2.19. The molecule has 3 aromatic carbocycles. The summed E-state index contributed by atoms with van der Waals surface area (Å²) in [7, 11) is 1.23. The van der Waals surface area contributed by atoms with E-state index in [1.807, 2.05) is 24.3 Å². The van der Waals surface area contributed by atoms with Crippen LogP contribution in [0, 0.1) is 0 Å². The molecule has 3 aromatic rings. The third kappa shape index (κ3) is 6.76. The van der Waals surface area contributed by atoms with Crippen molar-refractivity contribution in [1.29, 1.82) is 0 Å². The normalized spacial score (nSPS) is 13.3. The molecule has 7 nitrogen and oxygen atoms in total. The monoisotopic (exact) mass is 524 g/mol. The molecule has 3 N–H and O–H groups in total. The quantitative estimate of drug-likeness (QED) is 0.373. The van der Waals surface area contributed by atoms with Crippen LogP contribution in [0.5, 0.6) is 0 Å². The van der Waals surface area contributed by atoms with Crippen molar-refractivity contribution < 1.29 is 24.2 Å². The van der Waals surface area contributed by atoms with Gasteiger partial charge in [-0.15, -0.1) is 0 Å². The van der Waals surface area contributed by atoms with Crippen molar-refractivity contribution >= 4 is 33.7 Å². The number of hydrogen-bond donors (Lipinski definition) is 3. The van der Waals surface area contributed by atoms with Crippen LogP contribution in [0.15, 0.2) is 89.4 Å². The molecular formula is C26H25BrN2O5. The van der Waals surface area contributed by atoms with Gasteiger partial charge in [0.05, 0.1) is 13.2 Å². The van der Waals surface area contributed by atoms with Crippen LogP contribution in [0.4, 0.5) is 0 Å². The van der Waals surface area contributed by atoms with Gasteiger partial charge >= 0.3 is 5.97 Å². The summed E-state index contributed by atoms with van der Waals surface area (Å²) >= 11 is 3.38. The highest BCUT2D eigenvalue weighted by atomic mass is 79.9. The van der Waals surface area contributed by atoms with Gasteiger partial charge in [-0.2, -0.15) is 0 Å². The van der Waals surface area contributed by atoms with E-state index in [0.29, 0.717) is 11.1 Å². The summed E-state index contributed by atoms with van der Waals surface area (Å²) in [6.45, 7) is 0. The fraction of sp³-hybridized carbons (Fsp3) is 0.192. The zero-order chi connectivity index (χ0) is 24.5. The lowest BCUT2D eigenvalue weighted by molar-refractivity contribution is -0.146. The molecule has 3 atom stereocenters. The zero-order valence-electron chi connectivity index (χ0n) is 18.5. The molecule has 0 fully saturated rings. The summed E-state index contributed by atoms with van der Waals surface area (Å²) < 4.78 is 5.67. The van der Waals surface area contributed by atoms with Crippen LogP contribution in [0.2, 0.25) is 0 Å². The minimum Gasteiger partial charge on any atom is -0.467 e. The van der Waals surface area contributed by atoms with Crippen molar-refractivity contribution in [2.24, 2.45) is 0 Å². The standard InChI is InChI=1S/C26H25BrN2O5/c1-34-26(33)21(16-17-9-8-14-20(27)15-17)28-25(32)23(30)22(18-10-4-2-5-11-18)29-24(31)19-12-6-3-7-13-19/h2-15,21-23,30H,16H2,1H3,(H,28,32)(H,29,31)/t21-,22-,23+/m0/s1. The number of esters is 1. The first-order chi connectivity index (χ1) is 16.4. The highest BCUT2D eigenvalue weighted by molar-refractivity contribution is 9.10. The summed E-state index contributed by atoms with van der Waals surface area (Å²) in [6.07, 6.45) is -1.50. The second-order valence-corrected chi connectivity index (χ2v) is 8.51. The molecule has 0 heterocycles. The third-order valence-corrected chi connectivity index (χ3v) is 5.69. The van der Waals surface area contributed by atoms with Gasteiger partial charge in [0, 0.05) is 16.5 Å². The predicted molar refractivity (Wildman–Crippen MR) is 131 cm³/mol. The van der Waals surface area contributed by atoms with Crippen molar-refractivity contribution in [2.45, 2.75) is 24.6 Å². The number of aliphatic hydroxyl groups excluding tert-OH is 1. The Hall–Kier alpha value is -3.49. The van der Waals surface area contributed by atoms with E-state index in [4.69, 9.17) is 4.74 Å². The van der Waals surface area contributed by atoms with Crippen molar-refractivity contribution in [2.75, 3.05) is 7.11 Å². The molecule has 0 unspecified atom stereocenters. The fourth-order valence-corrected chi connectivity index (χ4v) is 3.91. The Kier molecular flexibility index (Phi) is 8.95. The minimum atomic E-state index is -1.66. The van der Waals surface area contributed by atoms with Crippen molar-refractivity contribution in [1.82, 2.24) is 10.6 Å². The molecule has 0 radical (unpaired) electrons. The lowest BCUT2D eigenvalue weighted by Crippen LogP contribution is -2.51. The number of amides is 2. The van der Waals surface area contributed by atoms with Gasteiger partial charge in [0.1, 0.15) is 6.04 Å². The third-order valence-electron chi connectivity index (χ3n) is 5.20. The number of nitrogens with one attached hydrogen (secondary N) is 2. The van der Waals surface area contributed by atoms with Crippen molar-refractivity contribution in [3.8, 4) is 0 Å². The lowest BCUT2D eigenvalue weighted by atomic mass is 9.99. The summed E-state index contributed by atoms with van der Waals surface area (Å²) in [5.74, 6) is -1.90. The first kappa shape index (κ1) is 25.1. The van der Waals surface area contributed by atoms with Crippen LogP contribution < -0.4 is 10.6 Å². The van der Waals surface area contributed by atoms with Gasteiger partial charge in [-0.05, 0) is 35.4 Å². The molecule has 0 spiro atoms. The Labute approximate surface area is 206 Å². The Morgan fingerprint density at radius 3 is 2.18 bits per heavy atom. The van der Waals surface area contributed by atoms with E-state index in [0.717, 1.165) is 10.0 Å². The summed E-state index contributed by atoms with van der Waals surface area (Å²) in [5, 5.41) is 16.3. The first-order valence-electron chi connectivity index (χ1n) is 10.6. The topological polar surface area (TPSA) is 105 Å². The molecule has 3 rings (SSSR count). The van der Waals surface area contributed by atoms with Crippen LogP contribution in [-0.4, -0.2) is 42.1 Å². The molecule has 176 valence electrons. The Balaban J connectivity index is 1.81.